The SMILES string of the molecule is CCc1nn2cc(-c3ccc(F)cc3Br)nc2s1. The summed E-state index contributed by atoms with van der Waals surface area (Å²) in [5, 5.41) is 5.47. The third kappa shape index (κ3) is 1.95. The van der Waals surface area contributed by atoms with E-state index in [1.807, 2.05) is 6.20 Å². The Kier molecular flexibility index (Phi) is 2.91. The molecular weight excluding hydrogens is 317 g/mol. The lowest BCUT2D eigenvalue weighted by molar-refractivity contribution is 0.627. The van der Waals surface area contributed by atoms with Gasteiger partial charge >= 0.3 is 0 Å². The lowest BCUT2D eigenvalue weighted by atomic mass is 10.2. The molecule has 0 aliphatic heterocycles. The highest BCUT2D eigenvalue weighted by Gasteiger charge is 2.11. The van der Waals surface area contributed by atoms with Gasteiger partial charge in [0.15, 0.2) is 0 Å². The van der Waals surface area contributed by atoms with Gasteiger partial charge in [0.2, 0.25) is 4.96 Å². The molecule has 0 amide bonds. The molecule has 1 aromatic carbocycles. The van der Waals surface area contributed by atoms with Gasteiger partial charge in [-0.25, -0.2) is 13.9 Å². The zero-order chi connectivity index (χ0) is 12.7. The number of benzene rings is 1. The summed E-state index contributed by atoms with van der Waals surface area (Å²) in [6.07, 6.45) is 2.77. The Morgan fingerprint density at radius 1 is 1.44 bits per heavy atom. The molecule has 6 heteroatoms. The predicted octanol–water partition coefficient (Wildman–Crippen LogP) is 3.92. The highest BCUT2D eigenvalue weighted by atomic mass is 79.9. The summed E-state index contributed by atoms with van der Waals surface area (Å²) in [5.74, 6) is -0.266. The van der Waals surface area contributed by atoms with Gasteiger partial charge in [0.1, 0.15) is 10.8 Å². The summed E-state index contributed by atoms with van der Waals surface area (Å²) < 4.78 is 15.5. The molecule has 2 heterocycles. The van der Waals surface area contributed by atoms with Crippen LogP contribution in [0.1, 0.15) is 11.9 Å². The number of nitrogens with zero attached hydrogens (tertiary/aromatic N) is 3. The molecule has 2 aromatic heterocycles. The Labute approximate surface area is 115 Å². The van der Waals surface area contributed by atoms with Gasteiger partial charge in [-0.05, 0) is 40.5 Å². The molecule has 0 saturated heterocycles. The second-order valence-corrected chi connectivity index (χ2v) is 5.72. The number of aryl methyl sites for hydroxylation is 1. The van der Waals surface area contributed by atoms with Crippen molar-refractivity contribution in [3.8, 4) is 11.3 Å². The average Bonchev–Trinajstić information content (AvgIpc) is 2.86. The van der Waals surface area contributed by atoms with Gasteiger partial charge in [-0.1, -0.05) is 18.3 Å². The van der Waals surface area contributed by atoms with Crippen LogP contribution in [-0.2, 0) is 6.42 Å². The summed E-state index contributed by atoms with van der Waals surface area (Å²) in [6, 6.07) is 4.58. The molecule has 3 aromatic rings. The molecule has 0 saturated carbocycles. The highest BCUT2D eigenvalue weighted by molar-refractivity contribution is 9.10. The number of hydrogen-bond donors (Lipinski definition) is 0. The highest BCUT2D eigenvalue weighted by Crippen LogP contribution is 2.29. The first-order valence-electron chi connectivity index (χ1n) is 5.48. The van der Waals surface area contributed by atoms with Crippen molar-refractivity contribution in [2.75, 3.05) is 0 Å². The number of fused-ring (bicyclic) bond motifs is 1. The fourth-order valence-corrected chi connectivity index (χ4v) is 3.08. The molecule has 3 nitrogen and oxygen atoms in total. The van der Waals surface area contributed by atoms with Gasteiger partial charge in [0.05, 0.1) is 11.9 Å². The summed E-state index contributed by atoms with van der Waals surface area (Å²) in [7, 11) is 0. The van der Waals surface area contributed by atoms with Crippen LogP contribution in [-0.4, -0.2) is 14.6 Å². The van der Waals surface area contributed by atoms with Crippen molar-refractivity contribution in [1.29, 1.82) is 0 Å². The number of halogens is 2. The van der Waals surface area contributed by atoms with Crippen LogP contribution in [0.2, 0.25) is 0 Å². The van der Waals surface area contributed by atoms with Crippen molar-refractivity contribution in [3.63, 3.8) is 0 Å². The third-order valence-electron chi connectivity index (χ3n) is 2.59. The first-order valence-corrected chi connectivity index (χ1v) is 7.09. The van der Waals surface area contributed by atoms with Crippen LogP contribution in [0.5, 0.6) is 0 Å². The standard InChI is InChI=1S/C12H9BrFN3S/c1-2-11-16-17-6-10(15-12(17)18-11)8-4-3-7(14)5-9(8)13/h3-6H,2H2,1H3. The third-order valence-corrected chi connectivity index (χ3v) is 4.32. The first kappa shape index (κ1) is 11.8. The smallest absolute Gasteiger partial charge is 0.212 e. The molecule has 0 spiro atoms. The van der Waals surface area contributed by atoms with E-state index in [0.717, 1.165) is 27.6 Å². The van der Waals surface area contributed by atoms with Crippen molar-refractivity contribution >= 4 is 32.2 Å². The summed E-state index contributed by atoms with van der Waals surface area (Å²) in [6.45, 7) is 2.07. The molecule has 18 heavy (non-hydrogen) atoms. The predicted molar refractivity (Wildman–Crippen MR) is 73.3 cm³/mol. The number of imidazole rings is 1. The van der Waals surface area contributed by atoms with E-state index in [9.17, 15) is 4.39 Å². The van der Waals surface area contributed by atoms with Gasteiger partial charge < -0.3 is 0 Å². The van der Waals surface area contributed by atoms with Crippen LogP contribution in [0.3, 0.4) is 0 Å². The maximum atomic E-state index is 13.0. The molecule has 0 bridgehead atoms. The van der Waals surface area contributed by atoms with Gasteiger partial charge in [-0.15, -0.1) is 0 Å². The number of aromatic nitrogens is 3. The van der Waals surface area contributed by atoms with Crippen molar-refractivity contribution in [1.82, 2.24) is 14.6 Å². The van der Waals surface area contributed by atoms with E-state index >= 15 is 0 Å². The monoisotopic (exact) mass is 325 g/mol. The van der Waals surface area contributed by atoms with Gasteiger partial charge in [0, 0.05) is 10.0 Å². The minimum atomic E-state index is -0.266. The minimum absolute atomic E-state index is 0.266. The largest absolute Gasteiger partial charge is 0.217 e. The Bertz CT molecular complexity index is 688. The van der Waals surface area contributed by atoms with Crippen LogP contribution < -0.4 is 0 Å². The first-order chi connectivity index (χ1) is 8.67. The molecule has 0 fully saturated rings. The fraction of sp³-hybridized carbons (Fsp3) is 0.167. The fourth-order valence-electron chi connectivity index (χ4n) is 1.71. The minimum Gasteiger partial charge on any atom is -0.217 e. The zero-order valence-electron chi connectivity index (χ0n) is 9.52. The lowest BCUT2D eigenvalue weighted by Gasteiger charge is -1.99. The van der Waals surface area contributed by atoms with E-state index in [0.29, 0.717) is 4.47 Å². The quantitative estimate of drug-likeness (QED) is 0.714. The van der Waals surface area contributed by atoms with Crippen molar-refractivity contribution in [3.05, 3.63) is 39.7 Å². The Balaban J connectivity index is 2.10. The molecular formula is C12H9BrFN3S. The molecule has 0 N–H and O–H groups in total. The molecule has 0 aliphatic carbocycles. The van der Waals surface area contributed by atoms with E-state index in [-0.39, 0.29) is 5.82 Å². The Morgan fingerprint density at radius 2 is 2.28 bits per heavy atom. The van der Waals surface area contributed by atoms with Crippen LogP contribution in [0, 0.1) is 5.82 Å². The molecule has 92 valence electrons. The molecule has 0 unspecified atom stereocenters. The summed E-state index contributed by atoms with van der Waals surface area (Å²) >= 11 is 4.92. The summed E-state index contributed by atoms with van der Waals surface area (Å²) in [4.78, 5) is 5.37. The van der Waals surface area contributed by atoms with E-state index < -0.39 is 0 Å². The molecule has 3 rings (SSSR count). The Hall–Kier alpha value is -1.27. The second-order valence-electron chi connectivity index (χ2n) is 3.83. The maximum Gasteiger partial charge on any atom is 0.212 e. The van der Waals surface area contributed by atoms with E-state index in [2.05, 4.69) is 32.9 Å². The lowest BCUT2D eigenvalue weighted by Crippen LogP contribution is -1.84. The average molecular weight is 326 g/mol. The van der Waals surface area contributed by atoms with Crippen molar-refractivity contribution in [2.45, 2.75) is 13.3 Å². The van der Waals surface area contributed by atoms with Gasteiger partial charge in [-0.2, -0.15) is 5.10 Å². The van der Waals surface area contributed by atoms with Crippen LogP contribution in [0.25, 0.3) is 16.2 Å². The van der Waals surface area contributed by atoms with Gasteiger partial charge in [-0.3, -0.25) is 0 Å². The van der Waals surface area contributed by atoms with E-state index in [1.165, 1.54) is 12.1 Å². The van der Waals surface area contributed by atoms with Crippen molar-refractivity contribution in [2.24, 2.45) is 0 Å². The molecule has 0 aliphatic rings. The number of rotatable bonds is 2. The zero-order valence-corrected chi connectivity index (χ0v) is 11.9. The van der Waals surface area contributed by atoms with Crippen LogP contribution >= 0.6 is 27.3 Å². The van der Waals surface area contributed by atoms with Crippen LogP contribution in [0.4, 0.5) is 4.39 Å². The van der Waals surface area contributed by atoms with E-state index in [1.54, 1.807) is 21.9 Å². The topological polar surface area (TPSA) is 30.2 Å². The number of hydrogen-bond acceptors (Lipinski definition) is 3. The normalized spacial score (nSPS) is 11.3. The van der Waals surface area contributed by atoms with Gasteiger partial charge in [0.25, 0.3) is 0 Å². The molecule has 0 radical (unpaired) electrons. The van der Waals surface area contributed by atoms with Crippen LogP contribution in [0.15, 0.2) is 28.9 Å². The Morgan fingerprint density at radius 3 is 2.94 bits per heavy atom. The summed E-state index contributed by atoms with van der Waals surface area (Å²) in [5.41, 5.74) is 1.66. The maximum absolute atomic E-state index is 13.0. The van der Waals surface area contributed by atoms with Crippen molar-refractivity contribution < 1.29 is 4.39 Å². The second kappa shape index (κ2) is 4.44. The molecule has 0 atom stereocenters. The van der Waals surface area contributed by atoms with E-state index in [4.69, 9.17) is 0 Å².